The molecule has 0 spiro atoms. The van der Waals surface area contributed by atoms with Crippen LogP contribution in [0.15, 0.2) is 12.5 Å². The molecule has 15 heavy (non-hydrogen) atoms. The number of fused-ring (bicyclic) bond motifs is 1. The smallest absolute Gasteiger partial charge is 0.144 e. The molecule has 2 rings (SSSR count). The molecule has 0 aromatic carbocycles. The minimum Gasteiger partial charge on any atom is -0.383 e. The zero-order valence-electron chi connectivity index (χ0n) is 7.92. The van der Waals surface area contributed by atoms with Crippen molar-refractivity contribution in [3.05, 3.63) is 18.1 Å². The van der Waals surface area contributed by atoms with Gasteiger partial charge in [-0.25, -0.2) is 9.97 Å². The number of H-pyrrole nitrogens is 1. The van der Waals surface area contributed by atoms with E-state index in [0.717, 1.165) is 10.9 Å². The van der Waals surface area contributed by atoms with E-state index >= 15 is 0 Å². The maximum absolute atomic E-state index is 5.74. The van der Waals surface area contributed by atoms with Gasteiger partial charge < -0.3 is 10.7 Å². The molecule has 0 radical (unpaired) electrons. The van der Waals surface area contributed by atoms with Crippen LogP contribution in [0.2, 0.25) is 0 Å². The van der Waals surface area contributed by atoms with Crippen LogP contribution in [0.5, 0.6) is 0 Å². The first-order valence-corrected chi connectivity index (χ1v) is 4.98. The lowest BCUT2D eigenvalue weighted by molar-refractivity contribution is 1.21. The molecule has 0 saturated heterocycles. The highest BCUT2D eigenvalue weighted by Crippen LogP contribution is 2.19. The predicted molar refractivity (Wildman–Crippen MR) is 60.5 cm³/mol. The molecule has 0 saturated carbocycles. The van der Waals surface area contributed by atoms with E-state index in [9.17, 15) is 0 Å². The number of alkyl halides is 1. The molecule has 0 aliphatic carbocycles. The Morgan fingerprint density at radius 3 is 3.13 bits per heavy atom. The minimum atomic E-state index is 0.441. The number of hydrogen-bond acceptors (Lipinski definition) is 3. The van der Waals surface area contributed by atoms with Gasteiger partial charge in [-0.15, -0.1) is 11.6 Å². The van der Waals surface area contributed by atoms with E-state index in [1.165, 1.54) is 6.33 Å². The maximum Gasteiger partial charge on any atom is 0.144 e. The quantitative estimate of drug-likeness (QED) is 0.566. The zero-order valence-corrected chi connectivity index (χ0v) is 8.67. The van der Waals surface area contributed by atoms with E-state index in [1.807, 2.05) is 0 Å². The molecule has 76 valence electrons. The van der Waals surface area contributed by atoms with E-state index in [0.29, 0.717) is 23.8 Å². The average Bonchev–Trinajstić information content (AvgIpc) is 2.63. The maximum atomic E-state index is 5.74. The monoisotopic (exact) mass is 220 g/mol. The molecule has 2 heterocycles. The van der Waals surface area contributed by atoms with Gasteiger partial charge in [0.1, 0.15) is 17.8 Å². The summed E-state index contributed by atoms with van der Waals surface area (Å²) in [5, 5.41) is 0.777. The number of halogens is 1. The summed E-state index contributed by atoms with van der Waals surface area (Å²) in [7, 11) is 0. The van der Waals surface area contributed by atoms with Crippen molar-refractivity contribution in [2.45, 2.75) is 6.42 Å². The Kier molecular flexibility index (Phi) is 2.75. The Morgan fingerprint density at radius 2 is 2.33 bits per heavy atom. The Labute approximate surface area is 91.9 Å². The van der Waals surface area contributed by atoms with Gasteiger partial charge in [-0.05, 0) is 0 Å². The fourth-order valence-corrected chi connectivity index (χ4v) is 1.38. The second-order valence-corrected chi connectivity index (χ2v) is 3.30. The summed E-state index contributed by atoms with van der Waals surface area (Å²) in [6, 6.07) is 0. The molecule has 0 amide bonds. The standard InChI is InChI=1S/C10H9ClN4/c11-4-2-1-3-7-5-13-10-8(7)9(12)14-6-15-10/h5-6H,2,4H2,(H3,12,13,14,15). The molecule has 0 atom stereocenters. The first-order chi connectivity index (χ1) is 7.33. The average molecular weight is 221 g/mol. The van der Waals surface area contributed by atoms with Crippen molar-refractivity contribution in [1.82, 2.24) is 15.0 Å². The van der Waals surface area contributed by atoms with Crippen LogP contribution in [0.3, 0.4) is 0 Å². The highest BCUT2D eigenvalue weighted by molar-refractivity contribution is 6.18. The highest BCUT2D eigenvalue weighted by Gasteiger charge is 2.05. The topological polar surface area (TPSA) is 67.6 Å². The fraction of sp³-hybridized carbons (Fsp3) is 0.200. The molecule has 0 aliphatic heterocycles. The van der Waals surface area contributed by atoms with Crippen molar-refractivity contribution >= 4 is 28.5 Å². The van der Waals surface area contributed by atoms with E-state index in [-0.39, 0.29) is 0 Å². The third kappa shape index (κ3) is 1.88. The van der Waals surface area contributed by atoms with Crippen LogP contribution in [0, 0.1) is 11.8 Å². The number of nitrogens with two attached hydrogens (primary N) is 1. The van der Waals surface area contributed by atoms with Crippen LogP contribution in [0.1, 0.15) is 12.0 Å². The SMILES string of the molecule is Nc1ncnc2[nH]cc(C#CCCCl)c12. The predicted octanol–water partition coefficient (Wildman–Crippen LogP) is 1.52. The van der Waals surface area contributed by atoms with Crippen LogP contribution in [0.4, 0.5) is 5.82 Å². The Balaban J connectivity index is 2.50. The van der Waals surface area contributed by atoms with Gasteiger partial charge in [-0.1, -0.05) is 11.8 Å². The van der Waals surface area contributed by atoms with Gasteiger partial charge in [-0.3, -0.25) is 0 Å². The normalized spacial score (nSPS) is 9.93. The molecule has 0 bridgehead atoms. The Hall–Kier alpha value is -1.73. The number of nitrogens with zero attached hydrogens (tertiary/aromatic N) is 2. The molecule has 4 nitrogen and oxygen atoms in total. The number of aromatic nitrogens is 3. The summed E-state index contributed by atoms with van der Waals surface area (Å²) in [4.78, 5) is 11.0. The van der Waals surface area contributed by atoms with Gasteiger partial charge in [0, 0.05) is 18.5 Å². The first kappa shape index (κ1) is 9.81. The van der Waals surface area contributed by atoms with Gasteiger partial charge in [0.2, 0.25) is 0 Å². The number of aromatic amines is 1. The van der Waals surface area contributed by atoms with E-state index in [1.54, 1.807) is 6.20 Å². The van der Waals surface area contributed by atoms with Crippen molar-refractivity contribution in [3.8, 4) is 11.8 Å². The summed E-state index contributed by atoms with van der Waals surface area (Å²) in [6.45, 7) is 0. The largest absolute Gasteiger partial charge is 0.383 e. The Morgan fingerprint density at radius 1 is 1.47 bits per heavy atom. The van der Waals surface area contributed by atoms with E-state index in [2.05, 4.69) is 26.8 Å². The minimum absolute atomic E-state index is 0.441. The second kappa shape index (κ2) is 4.20. The van der Waals surface area contributed by atoms with Crippen molar-refractivity contribution < 1.29 is 0 Å². The lowest BCUT2D eigenvalue weighted by Crippen LogP contribution is -1.92. The van der Waals surface area contributed by atoms with Crippen LogP contribution in [0.25, 0.3) is 11.0 Å². The van der Waals surface area contributed by atoms with Gasteiger partial charge in [-0.2, -0.15) is 0 Å². The van der Waals surface area contributed by atoms with Crippen molar-refractivity contribution in [1.29, 1.82) is 0 Å². The lowest BCUT2D eigenvalue weighted by Gasteiger charge is -1.93. The molecule has 5 heteroatoms. The molecule has 0 aliphatic rings. The highest BCUT2D eigenvalue weighted by atomic mass is 35.5. The number of hydrogen-bond donors (Lipinski definition) is 2. The zero-order chi connectivity index (χ0) is 10.7. The van der Waals surface area contributed by atoms with E-state index < -0.39 is 0 Å². The summed E-state index contributed by atoms with van der Waals surface area (Å²) in [5.41, 5.74) is 7.26. The van der Waals surface area contributed by atoms with Crippen LogP contribution >= 0.6 is 11.6 Å². The van der Waals surface area contributed by atoms with Crippen LogP contribution in [-0.4, -0.2) is 20.8 Å². The van der Waals surface area contributed by atoms with Crippen molar-refractivity contribution in [2.75, 3.05) is 11.6 Å². The first-order valence-electron chi connectivity index (χ1n) is 4.45. The molecular formula is C10H9ClN4. The molecule has 3 N–H and O–H groups in total. The lowest BCUT2D eigenvalue weighted by atomic mass is 10.2. The summed E-state index contributed by atoms with van der Waals surface area (Å²) in [5.74, 6) is 6.90. The van der Waals surface area contributed by atoms with Gasteiger partial charge in [0.05, 0.1) is 10.9 Å². The summed E-state index contributed by atoms with van der Waals surface area (Å²) >= 11 is 5.53. The third-order valence-electron chi connectivity index (χ3n) is 1.94. The number of nitrogens with one attached hydrogen (secondary N) is 1. The van der Waals surface area contributed by atoms with E-state index in [4.69, 9.17) is 17.3 Å². The van der Waals surface area contributed by atoms with Crippen molar-refractivity contribution in [2.24, 2.45) is 0 Å². The molecule has 0 fully saturated rings. The third-order valence-corrected chi connectivity index (χ3v) is 2.13. The van der Waals surface area contributed by atoms with Crippen LogP contribution in [-0.2, 0) is 0 Å². The van der Waals surface area contributed by atoms with Crippen LogP contribution < -0.4 is 5.73 Å². The fourth-order valence-electron chi connectivity index (χ4n) is 1.29. The van der Waals surface area contributed by atoms with Gasteiger partial charge in [0.15, 0.2) is 0 Å². The molecular weight excluding hydrogens is 212 g/mol. The molecule has 2 aromatic rings. The number of anilines is 1. The number of nitrogen functional groups attached to an aromatic ring is 1. The Bertz CT molecular complexity index is 535. The molecule has 0 unspecified atom stereocenters. The molecule has 2 aromatic heterocycles. The van der Waals surface area contributed by atoms with Gasteiger partial charge >= 0.3 is 0 Å². The van der Waals surface area contributed by atoms with Gasteiger partial charge in [0.25, 0.3) is 0 Å². The second-order valence-electron chi connectivity index (χ2n) is 2.93. The number of rotatable bonds is 1. The van der Waals surface area contributed by atoms with Crippen molar-refractivity contribution in [3.63, 3.8) is 0 Å². The summed E-state index contributed by atoms with van der Waals surface area (Å²) in [6.07, 6.45) is 3.85. The summed E-state index contributed by atoms with van der Waals surface area (Å²) < 4.78 is 0.